The minimum absolute atomic E-state index is 0.237. The number of nitrogens with one attached hydrogen (secondary N) is 1. The summed E-state index contributed by atoms with van der Waals surface area (Å²) in [6, 6.07) is 10.4. The van der Waals surface area contributed by atoms with Crippen LogP contribution in [0.5, 0.6) is 5.75 Å². The molecule has 0 unspecified atom stereocenters. The molecule has 2 aromatic carbocycles. The first-order valence-electron chi connectivity index (χ1n) is 6.57. The second-order valence-electron chi connectivity index (χ2n) is 4.83. The number of hydrogen-bond donors (Lipinski definition) is 1. The van der Waals surface area contributed by atoms with E-state index in [1.165, 1.54) is 7.11 Å². The summed E-state index contributed by atoms with van der Waals surface area (Å²) in [6.07, 6.45) is 0.727. The topological polar surface area (TPSA) is 55.4 Å². The molecule has 21 heavy (non-hydrogen) atoms. The Morgan fingerprint density at radius 3 is 2.48 bits per heavy atom. The van der Waals surface area contributed by atoms with Crippen LogP contribution in [0.25, 0.3) is 0 Å². The van der Waals surface area contributed by atoms with Gasteiger partial charge in [0.1, 0.15) is 12.0 Å². The van der Waals surface area contributed by atoms with Crippen LogP contribution >= 0.6 is 0 Å². The van der Waals surface area contributed by atoms with Gasteiger partial charge in [0.2, 0.25) is 0 Å². The summed E-state index contributed by atoms with van der Waals surface area (Å²) in [6.45, 7) is 3.95. The van der Waals surface area contributed by atoms with Gasteiger partial charge in [0.25, 0.3) is 5.91 Å². The van der Waals surface area contributed by atoms with E-state index in [4.69, 9.17) is 4.74 Å². The number of anilines is 1. The number of methoxy groups -OCH3 is 1. The van der Waals surface area contributed by atoms with Crippen LogP contribution in [-0.2, 0) is 0 Å². The Balaban J connectivity index is 2.30. The van der Waals surface area contributed by atoms with Crippen molar-refractivity contribution in [2.75, 3.05) is 12.4 Å². The predicted octanol–water partition coefficient (Wildman–Crippen LogP) is 3.38. The summed E-state index contributed by atoms with van der Waals surface area (Å²) in [4.78, 5) is 23.1. The van der Waals surface area contributed by atoms with Gasteiger partial charge in [0.15, 0.2) is 0 Å². The smallest absolute Gasteiger partial charge is 0.255 e. The van der Waals surface area contributed by atoms with E-state index >= 15 is 0 Å². The molecule has 0 aliphatic rings. The molecule has 2 rings (SSSR count). The molecule has 0 atom stereocenters. The number of ether oxygens (including phenoxy) is 1. The van der Waals surface area contributed by atoms with E-state index in [9.17, 15) is 9.59 Å². The van der Waals surface area contributed by atoms with Crippen molar-refractivity contribution in [3.8, 4) is 5.75 Å². The lowest BCUT2D eigenvalue weighted by molar-refractivity contribution is 0.102. The van der Waals surface area contributed by atoms with Crippen molar-refractivity contribution in [2.45, 2.75) is 13.8 Å². The number of benzene rings is 2. The fourth-order valence-electron chi connectivity index (χ4n) is 1.97. The zero-order valence-electron chi connectivity index (χ0n) is 12.3. The Morgan fingerprint density at radius 2 is 1.86 bits per heavy atom. The average molecular weight is 283 g/mol. The molecule has 4 heteroatoms. The number of aldehydes is 1. The largest absolute Gasteiger partial charge is 0.495 e. The minimum atomic E-state index is -0.237. The van der Waals surface area contributed by atoms with E-state index in [1.54, 1.807) is 24.3 Å². The molecule has 1 N–H and O–H groups in total. The summed E-state index contributed by atoms with van der Waals surface area (Å²) >= 11 is 0. The van der Waals surface area contributed by atoms with E-state index in [-0.39, 0.29) is 5.91 Å². The quantitative estimate of drug-likeness (QED) is 0.875. The van der Waals surface area contributed by atoms with Gasteiger partial charge in [-0.05, 0) is 55.3 Å². The lowest BCUT2D eigenvalue weighted by atomic mass is 10.1. The lowest BCUT2D eigenvalue weighted by Gasteiger charge is -2.11. The summed E-state index contributed by atoms with van der Waals surface area (Å²) in [7, 11) is 1.52. The molecule has 108 valence electrons. The molecule has 4 nitrogen and oxygen atoms in total. The van der Waals surface area contributed by atoms with Crippen molar-refractivity contribution in [1.82, 2.24) is 0 Å². The Bertz CT molecular complexity index is 692. The van der Waals surface area contributed by atoms with E-state index in [0.717, 1.165) is 17.4 Å². The van der Waals surface area contributed by atoms with Crippen LogP contribution in [0.1, 0.15) is 31.8 Å². The van der Waals surface area contributed by atoms with Gasteiger partial charge >= 0.3 is 0 Å². The summed E-state index contributed by atoms with van der Waals surface area (Å²) in [5, 5.41) is 2.78. The molecular weight excluding hydrogens is 266 g/mol. The number of rotatable bonds is 4. The molecule has 0 saturated heterocycles. The van der Waals surface area contributed by atoms with Gasteiger partial charge < -0.3 is 10.1 Å². The maximum absolute atomic E-state index is 12.3. The van der Waals surface area contributed by atoms with Crippen molar-refractivity contribution in [3.63, 3.8) is 0 Å². The Kier molecular flexibility index (Phi) is 4.38. The zero-order chi connectivity index (χ0) is 15.4. The average Bonchev–Trinajstić information content (AvgIpc) is 2.49. The molecule has 0 bridgehead atoms. The lowest BCUT2D eigenvalue weighted by Crippen LogP contribution is -2.13. The van der Waals surface area contributed by atoms with E-state index < -0.39 is 0 Å². The monoisotopic (exact) mass is 283 g/mol. The van der Waals surface area contributed by atoms with Crippen LogP contribution in [0.3, 0.4) is 0 Å². The SMILES string of the molecule is COc1ccc(C=O)cc1NC(=O)c1ccc(C)c(C)c1. The molecule has 0 aliphatic carbocycles. The van der Waals surface area contributed by atoms with Gasteiger partial charge in [-0.2, -0.15) is 0 Å². The number of aryl methyl sites for hydroxylation is 2. The molecule has 0 aromatic heterocycles. The second kappa shape index (κ2) is 6.22. The first kappa shape index (κ1) is 14.8. The predicted molar refractivity (Wildman–Crippen MR) is 82.3 cm³/mol. The third kappa shape index (κ3) is 3.28. The summed E-state index contributed by atoms with van der Waals surface area (Å²) in [5.74, 6) is 0.275. The standard InChI is InChI=1S/C17H17NO3/c1-11-4-6-14(8-12(11)2)17(20)18-15-9-13(10-19)5-7-16(15)21-3/h4-10H,1-3H3,(H,18,20). The van der Waals surface area contributed by atoms with Crippen LogP contribution in [0, 0.1) is 13.8 Å². The van der Waals surface area contributed by atoms with E-state index in [0.29, 0.717) is 22.6 Å². The Labute approximate surface area is 123 Å². The van der Waals surface area contributed by atoms with Gasteiger partial charge in [0.05, 0.1) is 12.8 Å². The molecule has 2 aromatic rings. The fourth-order valence-corrected chi connectivity index (χ4v) is 1.97. The fraction of sp³-hybridized carbons (Fsp3) is 0.176. The molecule has 0 radical (unpaired) electrons. The third-order valence-electron chi connectivity index (χ3n) is 3.38. The molecule has 0 spiro atoms. The molecule has 0 fully saturated rings. The highest BCUT2D eigenvalue weighted by atomic mass is 16.5. The Hall–Kier alpha value is -2.62. The summed E-state index contributed by atoms with van der Waals surface area (Å²) in [5.41, 5.74) is 3.71. The number of carbonyl (C=O) groups is 2. The highest BCUT2D eigenvalue weighted by molar-refractivity contribution is 6.05. The zero-order valence-corrected chi connectivity index (χ0v) is 12.3. The van der Waals surface area contributed by atoms with Crippen molar-refractivity contribution in [3.05, 3.63) is 58.7 Å². The number of amides is 1. The van der Waals surface area contributed by atoms with Gasteiger partial charge in [-0.1, -0.05) is 6.07 Å². The van der Waals surface area contributed by atoms with E-state index in [1.807, 2.05) is 26.0 Å². The molecule has 0 aliphatic heterocycles. The first-order valence-corrected chi connectivity index (χ1v) is 6.57. The minimum Gasteiger partial charge on any atom is -0.495 e. The van der Waals surface area contributed by atoms with Crippen LogP contribution in [-0.4, -0.2) is 19.3 Å². The van der Waals surface area contributed by atoms with Crippen LogP contribution in [0.2, 0.25) is 0 Å². The number of carbonyl (C=O) groups excluding carboxylic acids is 2. The maximum Gasteiger partial charge on any atom is 0.255 e. The molecule has 1 amide bonds. The van der Waals surface area contributed by atoms with Gasteiger partial charge in [-0.3, -0.25) is 9.59 Å². The maximum atomic E-state index is 12.3. The van der Waals surface area contributed by atoms with Gasteiger partial charge in [0, 0.05) is 11.1 Å². The van der Waals surface area contributed by atoms with Gasteiger partial charge in [-0.25, -0.2) is 0 Å². The second-order valence-corrected chi connectivity index (χ2v) is 4.83. The van der Waals surface area contributed by atoms with Crippen LogP contribution in [0.15, 0.2) is 36.4 Å². The summed E-state index contributed by atoms with van der Waals surface area (Å²) < 4.78 is 5.19. The van der Waals surface area contributed by atoms with Crippen molar-refractivity contribution >= 4 is 17.9 Å². The first-order chi connectivity index (χ1) is 10.0. The van der Waals surface area contributed by atoms with Gasteiger partial charge in [-0.15, -0.1) is 0 Å². The van der Waals surface area contributed by atoms with E-state index in [2.05, 4.69) is 5.32 Å². The third-order valence-corrected chi connectivity index (χ3v) is 3.38. The highest BCUT2D eigenvalue weighted by Gasteiger charge is 2.11. The molecule has 0 saturated carbocycles. The molecular formula is C17H17NO3. The van der Waals surface area contributed by atoms with Crippen molar-refractivity contribution < 1.29 is 14.3 Å². The Morgan fingerprint density at radius 1 is 1.10 bits per heavy atom. The van der Waals surface area contributed by atoms with Crippen molar-refractivity contribution in [1.29, 1.82) is 0 Å². The van der Waals surface area contributed by atoms with Crippen LogP contribution in [0.4, 0.5) is 5.69 Å². The van der Waals surface area contributed by atoms with Crippen LogP contribution < -0.4 is 10.1 Å². The molecule has 0 heterocycles. The van der Waals surface area contributed by atoms with Crippen molar-refractivity contribution in [2.24, 2.45) is 0 Å². The normalized spacial score (nSPS) is 10.0. The number of hydrogen-bond acceptors (Lipinski definition) is 3. The highest BCUT2D eigenvalue weighted by Crippen LogP contribution is 2.25.